The Bertz CT molecular complexity index is 1420. The third kappa shape index (κ3) is 6.18. The topological polar surface area (TPSA) is 138 Å². The van der Waals surface area contributed by atoms with Gasteiger partial charge < -0.3 is 16.0 Å². The highest BCUT2D eigenvalue weighted by Gasteiger charge is 2.18. The number of nitrogens with zero attached hydrogens (tertiary/aromatic N) is 3. The lowest BCUT2D eigenvalue weighted by atomic mass is 9.97. The Hall–Kier alpha value is -4.24. The van der Waals surface area contributed by atoms with Crippen LogP contribution in [0.25, 0.3) is 34.0 Å². The minimum atomic E-state index is -0.665. The molecule has 9 heteroatoms. The molecule has 4 aromatic rings. The fourth-order valence-corrected chi connectivity index (χ4v) is 3.88. The second kappa shape index (κ2) is 11.9. The molecule has 4 rings (SSSR count). The summed E-state index contributed by atoms with van der Waals surface area (Å²) in [5.74, 6) is 0.0115. The first kappa shape index (κ1) is 26.8. The Labute approximate surface area is 220 Å². The number of Topliss-reactive ketones (excluding diaryl/α,β-unsaturated/α-hetero) is 2. The molecule has 0 bridgehead atoms. The van der Waals surface area contributed by atoms with E-state index in [1.807, 2.05) is 26.0 Å². The minimum absolute atomic E-state index is 0.0652. The van der Waals surface area contributed by atoms with E-state index in [2.05, 4.69) is 15.1 Å². The minimum Gasteiger partial charge on any atom is -0.382 e. The van der Waals surface area contributed by atoms with Gasteiger partial charge in [0.2, 0.25) is 5.78 Å². The number of carbonyl (C=O) groups is 2. The predicted molar refractivity (Wildman–Crippen MR) is 144 cm³/mol. The van der Waals surface area contributed by atoms with Crippen molar-refractivity contribution in [2.75, 3.05) is 12.4 Å². The normalized spacial score (nSPS) is 12.7. The molecule has 2 aromatic carbocycles. The molecular weight excluding hydrogens is 485 g/mol. The zero-order chi connectivity index (χ0) is 27.2. The van der Waals surface area contributed by atoms with Crippen LogP contribution in [0.3, 0.4) is 0 Å². The largest absolute Gasteiger partial charge is 0.382 e. The third-order valence-electron chi connectivity index (χ3n) is 6.50. The number of aromatic nitrogens is 3. The van der Waals surface area contributed by atoms with E-state index in [-0.39, 0.29) is 36.1 Å². The molecule has 0 amide bonds. The summed E-state index contributed by atoms with van der Waals surface area (Å²) < 4.78 is 18.3. The molecular formula is C29H30FN5O3. The van der Waals surface area contributed by atoms with E-state index in [0.717, 1.165) is 23.1 Å². The number of halogens is 1. The molecule has 0 aliphatic carbocycles. The molecule has 0 fully saturated rings. The number of nitrogen functional groups attached to an aromatic ring is 1. The van der Waals surface area contributed by atoms with Crippen molar-refractivity contribution in [3.8, 4) is 34.0 Å². The van der Waals surface area contributed by atoms with Crippen LogP contribution in [0.15, 0.2) is 65.3 Å². The van der Waals surface area contributed by atoms with Gasteiger partial charge in [-0.1, -0.05) is 74.0 Å². The molecule has 0 aliphatic heterocycles. The molecule has 2 atom stereocenters. The van der Waals surface area contributed by atoms with Crippen molar-refractivity contribution >= 4 is 17.4 Å². The van der Waals surface area contributed by atoms with E-state index < -0.39 is 12.7 Å². The number of ketones is 2. The summed E-state index contributed by atoms with van der Waals surface area (Å²) in [6.07, 6.45) is 2.76. The summed E-state index contributed by atoms with van der Waals surface area (Å²) in [4.78, 5) is 33.3. The van der Waals surface area contributed by atoms with Gasteiger partial charge in [0.05, 0.1) is 17.9 Å². The zero-order valence-electron chi connectivity index (χ0n) is 21.4. The molecule has 0 saturated carbocycles. The van der Waals surface area contributed by atoms with Gasteiger partial charge in [0.15, 0.2) is 23.1 Å². The van der Waals surface area contributed by atoms with Crippen LogP contribution < -0.4 is 11.5 Å². The molecule has 2 unspecified atom stereocenters. The number of carbonyl (C=O) groups excluding carboxylic acids is 2. The Morgan fingerprint density at radius 2 is 1.66 bits per heavy atom. The number of alkyl halides is 1. The average Bonchev–Trinajstić information content (AvgIpc) is 3.43. The molecule has 2 aromatic heterocycles. The van der Waals surface area contributed by atoms with Gasteiger partial charge in [-0.25, -0.2) is 14.4 Å². The summed E-state index contributed by atoms with van der Waals surface area (Å²) in [6.45, 7) is 3.33. The number of rotatable bonds is 11. The first-order valence-corrected chi connectivity index (χ1v) is 12.5. The Morgan fingerprint density at radius 1 is 1.00 bits per heavy atom. The van der Waals surface area contributed by atoms with E-state index in [4.69, 9.17) is 16.0 Å². The molecule has 8 nitrogen and oxygen atoms in total. The van der Waals surface area contributed by atoms with Crippen LogP contribution in [0, 0.1) is 5.92 Å². The quantitative estimate of drug-likeness (QED) is 0.262. The summed E-state index contributed by atoms with van der Waals surface area (Å²) in [5.41, 5.74) is 16.3. The van der Waals surface area contributed by atoms with Crippen molar-refractivity contribution in [2.24, 2.45) is 11.7 Å². The third-order valence-corrected chi connectivity index (χ3v) is 6.50. The van der Waals surface area contributed by atoms with Crippen molar-refractivity contribution < 1.29 is 18.5 Å². The molecule has 4 N–H and O–H groups in total. The maximum absolute atomic E-state index is 12.8. The number of nitrogens with two attached hydrogens (primary N) is 2. The van der Waals surface area contributed by atoms with Crippen LogP contribution in [0.5, 0.6) is 0 Å². The Kier molecular flexibility index (Phi) is 8.38. The van der Waals surface area contributed by atoms with E-state index in [0.29, 0.717) is 28.4 Å². The van der Waals surface area contributed by atoms with Gasteiger partial charge in [0.25, 0.3) is 0 Å². The van der Waals surface area contributed by atoms with Crippen LogP contribution in [-0.2, 0) is 16.0 Å². The van der Waals surface area contributed by atoms with Crippen LogP contribution in [0.2, 0.25) is 0 Å². The van der Waals surface area contributed by atoms with Crippen molar-refractivity contribution in [1.29, 1.82) is 0 Å². The fourth-order valence-electron chi connectivity index (χ4n) is 3.88. The summed E-state index contributed by atoms with van der Waals surface area (Å²) >= 11 is 0. The van der Waals surface area contributed by atoms with Gasteiger partial charge in [-0.05, 0) is 17.0 Å². The van der Waals surface area contributed by atoms with Crippen LogP contribution in [-0.4, -0.2) is 33.4 Å². The summed E-state index contributed by atoms with van der Waals surface area (Å²) in [6, 6.07) is 15.4. The van der Waals surface area contributed by atoms with E-state index in [1.54, 1.807) is 48.7 Å². The van der Waals surface area contributed by atoms with E-state index in [1.165, 1.54) is 0 Å². The number of benzene rings is 2. The lowest BCUT2D eigenvalue weighted by molar-refractivity contribution is -0.136. The second-order valence-electron chi connectivity index (χ2n) is 9.39. The smallest absolute Gasteiger partial charge is 0.202 e. The standard InChI is InChI=1S/C29H30FN5O3/c1-3-17(2)12-25(36)26(37)13-18-4-6-21(7-5-18)24-16-33-29(32)28(34-24)27-14-23(35-38-27)20-10-8-19(9-11-20)22(31)15-30/h4-11,14,16-17,22H,3,12-13,15,31H2,1-2H3,(H2,32,33). The van der Waals surface area contributed by atoms with Gasteiger partial charge in [0.1, 0.15) is 12.4 Å². The first-order valence-electron chi connectivity index (χ1n) is 12.5. The van der Waals surface area contributed by atoms with Gasteiger partial charge in [-0.2, -0.15) is 0 Å². The molecule has 2 heterocycles. The number of hydrogen-bond donors (Lipinski definition) is 2. The fraction of sp³-hybridized carbons (Fsp3) is 0.276. The van der Waals surface area contributed by atoms with Gasteiger partial charge in [0, 0.05) is 30.0 Å². The highest BCUT2D eigenvalue weighted by Crippen LogP contribution is 2.30. The maximum atomic E-state index is 12.8. The monoisotopic (exact) mass is 515 g/mol. The van der Waals surface area contributed by atoms with E-state index in [9.17, 15) is 14.0 Å². The van der Waals surface area contributed by atoms with Crippen LogP contribution >= 0.6 is 0 Å². The van der Waals surface area contributed by atoms with Crippen molar-refractivity contribution in [3.05, 3.63) is 71.9 Å². The highest BCUT2D eigenvalue weighted by molar-refractivity contribution is 6.37. The number of anilines is 1. The maximum Gasteiger partial charge on any atom is 0.202 e. The highest BCUT2D eigenvalue weighted by atomic mass is 19.1. The zero-order valence-corrected chi connectivity index (χ0v) is 21.4. The van der Waals surface area contributed by atoms with Crippen molar-refractivity contribution in [3.63, 3.8) is 0 Å². The van der Waals surface area contributed by atoms with Crippen LogP contribution in [0.1, 0.15) is 43.9 Å². The SMILES string of the molecule is CCC(C)CC(=O)C(=O)Cc1ccc(-c2cnc(N)c(-c3cc(-c4ccc(C(N)CF)cc4)no3)n2)cc1. The molecule has 0 saturated heterocycles. The lowest BCUT2D eigenvalue weighted by Crippen LogP contribution is -2.18. The molecule has 0 aliphatic rings. The first-order chi connectivity index (χ1) is 18.3. The van der Waals surface area contributed by atoms with Gasteiger partial charge in [-0.15, -0.1) is 0 Å². The lowest BCUT2D eigenvalue weighted by Gasteiger charge is -2.08. The molecule has 0 spiro atoms. The molecule has 0 radical (unpaired) electrons. The van der Waals surface area contributed by atoms with Gasteiger partial charge in [-0.3, -0.25) is 9.59 Å². The van der Waals surface area contributed by atoms with E-state index >= 15 is 0 Å². The van der Waals surface area contributed by atoms with Gasteiger partial charge >= 0.3 is 0 Å². The summed E-state index contributed by atoms with van der Waals surface area (Å²) in [5, 5.41) is 4.11. The second-order valence-corrected chi connectivity index (χ2v) is 9.39. The van der Waals surface area contributed by atoms with Crippen molar-refractivity contribution in [2.45, 2.75) is 39.2 Å². The Balaban J connectivity index is 1.50. The van der Waals surface area contributed by atoms with Crippen LogP contribution in [0.4, 0.5) is 10.2 Å². The molecule has 196 valence electrons. The average molecular weight is 516 g/mol. The Morgan fingerprint density at radius 3 is 2.32 bits per heavy atom. The predicted octanol–water partition coefficient (Wildman–Crippen LogP) is 5.13. The molecule has 38 heavy (non-hydrogen) atoms. The summed E-state index contributed by atoms with van der Waals surface area (Å²) in [7, 11) is 0. The number of hydrogen-bond acceptors (Lipinski definition) is 8. The van der Waals surface area contributed by atoms with Crippen molar-refractivity contribution in [1.82, 2.24) is 15.1 Å².